The number of nitrogens with zero attached hydrogens (tertiary/aromatic N) is 1. The topological polar surface area (TPSA) is 59.0 Å². The third-order valence-corrected chi connectivity index (χ3v) is 4.14. The van der Waals surface area contributed by atoms with E-state index in [1.165, 1.54) is 12.8 Å². The lowest BCUT2D eigenvalue weighted by Gasteiger charge is -2.36. The number of likely N-dealkylation sites (N-methyl/N-ethyl adjacent to an activating group) is 1. The zero-order chi connectivity index (χ0) is 13.7. The second-order valence-electron chi connectivity index (χ2n) is 5.95. The van der Waals surface area contributed by atoms with Gasteiger partial charge in [-0.3, -0.25) is 4.79 Å². The number of carboxylic acids is 1. The first-order valence-electron chi connectivity index (χ1n) is 7.20. The second kappa shape index (κ2) is 6.68. The first-order valence-corrected chi connectivity index (χ1v) is 7.20. The van der Waals surface area contributed by atoms with Crippen LogP contribution >= 0.6 is 0 Å². The fourth-order valence-electron chi connectivity index (χ4n) is 2.55. The van der Waals surface area contributed by atoms with Crippen LogP contribution in [-0.2, 0) is 14.3 Å². The molecular formula is C14H25NO4. The molecule has 0 aromatic heterocycles. The summed E-state index contributed by atoms with van der Waals surface area (Å²) < 4.78 is 10.9. The van der Waals surface area contributed by atoms with Crippen LogP contribution in [0.2, 0.25) is 0 Å². The van der Waals surface area contributed by atoms with Crippen LogP contribution in [0.1, 0.15) is 25.7 Å². The summed E-state index contributed by atoms with van der Waals surface area (Å²) >= 11 is 0. The van der Waals surface area contributed by atoms with Gasteiger partial charge >= 0.3 is 5.97 Å². The number of aliphatic carboxylic acids is 1. The van der Waals surface area contributed by atoms with E-state index in [1.54, 1.807) is 0 Å². The van der Waals surface area contributed by atoms with Gasteiger partial charge in [-0.2, -0.15) is 0 Å². The van der Waals surface area contributed by atoms with Gasteiger partial charge in [-0.1, -0.05) is 0 Å². The van der Waals surface area contributed by atoms with Crippen LogP contribution in [0.4, 0.5) is 0 Å². The van der Waals surface area contributed by atoms with Gasteiger partial charge in [-0.25, -0.2) is 0 Å². The quantitative estimate of drug-likeness (QED) is 0.673. The zero-order valence-electron chi connectivity index (χ0n) is 11.8. The molecular weight excluding hydrogens is 246 g/mol. The van der Waals surface area contributed by atoms with E-state index in [9.17, 15) is 9.90 Å². The van der Waals surface area contributed by atoms with Crippen molar-refractivity contribution < 1.29 is 19.4 Å². The molecule has 2 fully saturated rings. The van der Waals surface area contributed by atoms with Crippen molar-refractivity contribution in [2.24, 2.45) is 11.3 Å². The first-order chi connectivity index (χ1) is 9.12. The molecule has 0 aromatic carbocycles. The van der Waals surface area contributed by atoms with E-state index in [0.717, 1.165) is 19.1 Å². The van der Waals surface area contributed by atoms with Gasteiger partial charge in [0, 0.05) is 32.9 Å². The highest BCUT2D eigenvalue weighted by Gasteiger charge is 2.40. The number of hydrogen-bond acceptors (Lipinski definition) is 4. The zero-order valence-corrected chi connectivity index (χ0v) is 11.8. The van der Waals surface area contributed by atoms with Crippen LogP contribution in [0.15, 0.2) is 0 Å². The number of carboxylic acid groups (broad SMARTS) is 1. The van der Waals surface area contributed by atoms with Gasteiger partial charge in [0.2, 0.25) is 0 Å². The molecule has 110 valence electrons. The average Bonchev–Trinajstić information content (AvgIpc) is 3.20. The molecule has 1 aliphatic carbocycles. The molecule has 19 heavy (non-hydrogen) atoms. The van der Waals surface area contributed by atoms with Gasteiger partial charge in [-0.05, 0) is 38.6 Å². The van der Waals surface area contributed by atoms with Crippen molar-refractivity contribution >= 4 is 5.97 Å². The number of ether oxygens (including phenoxy) is 2. The van der Waals surface area contributed by atoms with Crippen molar-refractivity contribution in [2.45, 2.75) is 25.7 Å². The highest BCUT2D eigenvalue weighted by molar-refractivity contribution is 5.75. The molecule has 1 heterocycles. The molecule has 0 spiro atoms. The Morgan fingerprint density at radius 3 is 2.68 bits per heavy atom. The van der Waals surface area contributed by atoms with E-state index in [0.29, 0.717) is 39.2 Å². The van der Waals surface area contributed by atoms with Gasteiger partial charge in [0.15, 0.2) is 0 Å². The van der Waals surface area contributed by atoms with E-state index in [4.69, 9.17) is 9.47 Å². The molecule has 2 rings (SSSR count). The number of carbonyl (C=O) groups is 1. The molecule has 0 aromatic rings. The average molecular weight is 271 g/mol. The minimum Gasteiger partial charge on any atom is -0.481 e. The maximum Gasteiger partial charge on any atom is 0.311 e. The standard InChI is InChI=1S/C14H25NO4/c1-15(6-9-19-10-12-2-3-12)11-14(13(16)17)4-7-18-8-5-14/h12H,2-11H2,1H3,(H,16,17). The Morgan fingerprint density at radius 2 is 2.11 bits per heavy atom. The lowest BCUT2D eigenvalue weighted by Crippen LogP contribution is -2.46. The van der Waals surface area contributed by atoms with Crippen LogP contribution in [-0.4, -0.2) is 62.5 Å². The van der Waals surface area contributed by atoms with Gasteiger partial charge in [0.25, 0.3) is 0 Å². The second-order valence-corrected chi connectivity index (χ2v) is 5.95. The molecule has 5 nitrogen and oxygen atoms in total. The van der Waals surface area contributed by atoms with Gasteiger partial charge in [-0.15, -0.1) is 0 Å². The fraction of sp³-hybridized carbons (Fsp3) is 0.929. The molecule has 0 radical (unpaired) electrons. The third kappa shape index (κ3) is 4.44. The molecule has 1 saturated carbocycles. The summed E-state index contributed by atoms with van der Waals surface area (Å²) in [4.78, 5) is 13.6. The van der Waals surface area contributed by atoms with Crippen molar-refractivity contribution in [3.05, 3.63) is 0 Å². The van der Waals surface area contributed by atoms with Crippen LogP contribution in [0.3, 0.4) is 0 Å². The summed E-state index contributed by atoms with van der Waals surface area (Å²) in [5, 5.41) is 9.48. The largest absolute Gasteiger partial charge is 0.481 e. The lowest BCUT2D eigenvalue weighted by atomic mass is 9.80. The molecule has 0 bridgehead atoms. The van der Waals surface area contributed by atoms with Gasteiger partial charge < -0.3 is 19.5 Å². The van der Waals surface area contributed by atoms with Gasteiger partial charge in [0.1, 0.15) is 0 Å². The smallest absolute Gasteiger partial charge is 0.311 e. The van der Waals surface area contributed by atoms with Crippen LogP contribution in [0.5, 0.6) is 0 Å². The monoisotopic (exact) mass is 271 g/mol. The number of hydrogen-bond donors (Lipinski definition) is 1. The minimum absolute atomic E-state index is 0.554. The summed E-state index contributed by atoms with van der Waals surface area (Å²) in [6.45, 7) is 4.04. The van der Waals surface area contributed by atoms with Crippen LogP contribution < -0.4 is 0 Å². The van der Waals surface area contributed by atoms with Crippen molar-refractivity contribution in [2.75, 3.05) is 46.6 Å². The Labute approximate surface area is 114 Å². The lowest BCUT2D eigenvalue weighted by molar-refractivity contribution is -0.156. The molecule has 0 amide bonds. The summed E-state index contributed by atoms with van der Waals surface area (Å²) in [7, 11) is 1.97. The van der Waals surface area contributed by atoms with Crippen molar-refractivity contribution in [3.63, 3.8) is 0 Å². The first kappa shape index (κ1) is 14.8. The molecule has 0 unspecified atom stereocenters. The van der Waals surface area contributed by atoms with E-state index in [-0.39, 0.29) is 0 Å². The molecule has 2 aliphatic rings. The Balaban J connectivity index is 1.70. The molecule has 1 N–H and O–H groups in total. The van der Waals surface area contributed by atoms with Crippen molar-refractivity contribution in [3.8, 4) is 0 Å². The van der Waals surface area contributed by atoms with Crippen molar-refractivity contribution in [1.29, 1.82) is 0 Å². The Morgan fingerprint density at radius 1 is 1.42 bits per heavy atom. The molecule has 5 heteroatoms. The summed E-state index contributed by atoms with van der Waals surface area (Å²) in [6.07, 6.45) is 3.82. The van der Waals surface area contributed by atoms with Crippen LogP contribution in [0.25, 0.3) is 0 Å². The van der Waals surface area contributed by atoms with E-state index < -0.39 is 11.4 Å². The predicted octanol–water partition coefficient (Wildman–Crippen LogP) is 1.23. The maximum absolute atomic E-state index is 11.5. The number of rotatable bonds is 8. The van der Waals surface area contributed by atoms with E-state index >= 15 is 0 Å². The highest BCUT2D eigenvalue weighted by Crippen LogP contribution is 2.31. The third-order valence-electron chi connectivity index (χ3n) is 4.14. The van der Waals surface area contributed by atoms with Crippen molar-refractivity contribution in [1.82, 2.24) is 4.90 Å². The predicted molar refractivity (Wildman–Crippen MR) is 71.2 cm³/mol. The summed E-state index contributed by atoms with van der Waals surface area (Å²) in [5.41, 5.74) is -0.635. The molecule has 1 saturated heterocycles. The Hall–Kier alpha value is -0.650. The van der Waals surface area contributed by atoms with Gasteiger partial charge in [0.05, 0.1) is 12.0 Å². The van der Waals surface area contributed by atoms with E-state index in [2.05, 4.69) is 4.90 Å². The molecule has 0 atom stereocenters. The summed E-state index contributed by atoms with van der Waals surface area (Å²) in [6, 6.07) is 0. The summed E-state index contributed by atoms with van der Waals surface area (Å²) in [5.74, 6) is 0.0905. The SMILES string of the molecule is CN(CCOCC1CC1)CC1(C(=O)O)CCOCC1. The minimum atomic E-state index is -0.693. The Kier molecular flexibility index (Phi) is 5.19. The normalized spacial score (nSPS) is 22.6. The molecule has 1 aliphatic heterocycles. The highest BCUT2D eigenvalue weighted by atomic mass is 16.5. The van der Waals surface area contributed by atoms with E-state index in [1.807, 2.05) is 7.05 Å². The van der Waals surface area contributed by atoms with Crippen LogP contribution in [0, 0.1) is 11.3 Å². The fourth-order valence-corrected chi connectivity index (χ4v) is 2.55. The Bertz CT molecular complexity index is 298. The maximum atomic E-state index is 11.5.